The van der Waals surface area contributed by atoms with Crippen LogP contribution in [0.25, 0.3) is 0 Å². The monoisotopic (exact) mass is 268 g/mol. The van der Waals surface area contributed by atoms with Crippen molar-refractivity contribution < 1.29 is 14.6 Å². The van der Waals surface area contributed by atoms with Gasteiger partial charge >= 0.3 is 5.97 Å². The number of hydrogen-bond acceptors (Lipinski definition) is 5. The zero-order valence-electron chi connectivity index (χ0n) is 12.0. The molecule has 0 bridgehead atoms. The van der Waals surface area contributed by atoms with Crippen LogP contribution in [-0.2, 0) is 9.53 Å². The Morgan fingerprint density at radius 3 is 2.79 bits per heavy atom. The van der Waals surface area contributed by atoms with E-state index in [9.17, 15) is 4.79 Å². The van der Waals surface area contributed by atoms with Crippen molar-refractivity contribution in [3.8, 4) is 0 Å². The quantitative estimate of drug-likeness (QED) is 0.512. The van der Waals surface area contributed by atoms with Crippen LogP contribution in [0.2, 0.25) is 0 Å². The number of nitrogens with two attached hydrogens (primary N) is 1. The van der Waals surface area contributed by atoms with Crippen LogP contribution in [0.4, 0.5) is 0 Å². The molecule has 0 aromatic heterocycles. The fourth-order valence-electron chi connectivity index (χ4n) is 2.25. The molecule has 0 aromatic carbocycles. The SMILES string of the molecule is CCOC(=O)/C(N)=C1\C=C(NCCO)CC(C)(C)C1. The number of rotatable bonds is 5. The number of nitrogens with one attached hydrogen (secondary N) is 1. The maximum atomic E-state index is 11.7. The minimum absolute atomic E-state index is 0.0268. The first-order chi connectivity index (χ1) is 8.89. The van der Waals surface area contributed by atoms with Crippen LogP contribution in [0.15, 0.2) is 23.0 Å². The number of allylic oxidation sites excluding steroid dienone is 3. The Bertz CT molecular complexity index is 397. The predicted molar refractivity (Wildman–Crippen MR) is 74.0 cm³/mol. The second-order valence-corrected chi connectivity index (χ2v) is 5.50. The van der Waals surface area contributed by atoms with Crippen molar-refractivity contribution >= 4 is 5.97 Å². The second kappa shape index (κ2) is 6.61. The fourth-order valence-corrected chi connectivity index (χ4v) is 2.25. The van der Waals surface area contributed by atoms with Gasteiger partial charge in [-0.05, 0) is 36.8 Å². The second-order valence-electron chi connectivity index (χ2n) is 5.50. The minimum Gasteiger partial charge on any atom is -0.461 e. The molecular formula is C14H24N2O3. The molecule has 5 nitrogen and oxygen atoms in total. The van der Waals surface area contributed by atoms with Gasteiger partial charge in [-0.25, -0.2) is 4.79 Å². The van der Waals surface area contributed by atoms with Crippen LogP contribution in [-0.4, -0.2) is 30.8 Å². The summed E-state index contributed by atoms with van der Waals surface area (Å²) in [6.45, 7) is 6.89. The number of carbonyl (C=O) groups excluding carboxylic acids is 1. The molecule has 1 aliphatic carbocycles. The van der Waals surface area contributed by atoms with Gasteiger partial charge in [0.1, 0.15) is 5.70 Å². The summed E-state index contributed by atoms with van der Waals surface area (Å²) in [6.07, 6.45) is 3.50. The average Bonchev–Trinajstić information content (AvgIpc) is 2.33. The number of aliphatic hydroxyl groups is 1. The number of esters is 1. The van der Waals surface area contributed by atoms with Gasteiger partial charge in [0, 0.05) is 12.2 Å². The van der Waals surface area contributed by atoms with Crippen molar-refractivity contribution in [2.24, 2.45) is 11.1 Å². The lowest BCUT2D eigenvalue weighted by Gasteiger charge is -2.32. The highest BCUT2D eigenvalue weighted by Crippen LogP contribution is 2.37. The van der Waals surface area contributed by atoms with Gasteiger partial charge in [-0.1, -0.05) is 13.8 Å². The highest BCUT2D eigenvalue weighted by molar-refractivity contribution is 5.89. The topological polar surface area (TPSA) is 84.6 Å². The van der Waals surface area contributed by atoms with Crippen molar-refractivity contribution in [3.63, 3.8) is 0 Å². The van der Waals surface area contributed by atoms with Crippen LogP contribution in [0.3, 0.4) is 0 Å². The van der Waals surface area contributed by atoms with E-state index in [4.69, 9.17) is 15.6 Å². The zero-order chi connectivity index (χ0) is 14.5. The maximum Gasteiger partial charge on any atom is 0.354 e. The molecule has 0 saturated carbocycles. The zero-order valence-corrected chi connectivity index (χ0v) is 12.0. The number of carbonyl (C=O) groups is 1. The molecule has 0 heterocycles. The third-order valence-electron chi connectivity index (χ3n) is 2.99. The lowest BCUT2D eigenvalue weighted by atomic mass is 9.76. The third kappa shape index (κ3) is 4.59. The lowest BCUT2D eigenvalue weighted by molar-refractivity contribution is -0.138. The smallest absolute Gasteiger partial charge is 0.354 e. The first-order valence-electron chi connectivity index (χ1n) is 6.60. The van der Waals surface area contributed by atoms with Crippen molar-refractivity contribution in [2.75, 3.05) is 19.8 Å². The van der Waals surface area contributed by atoms with Gasteiger partial charge in [-0.3, -0.25) is 0 Å². The number of hydrogen-bond donors (Lipinski definition) is 3. The van der Waals surface area contributed by atoms with Crippen molar-refractivity contribution in [2.45, 2.75) is 33.6 Å². The van der Waals surface area contributed by atoms with E-state index < -0.39 is 5.97 Å². The molecule has 19 heavy (non-hydrogen) atoms. The normalized spacial score (nSPS) is 20.5. The predicted octanol–water partition coefficient (Wildman–Crippen LogP) is 1.05. The van der Waals surface area contributed by atoms with Gasteiger partial charge in [0.25, 0.3) is 0 Å². The summed E-state index contributed by atoms with van der Waals surface area (Å²) in [6, 6.07) is 0. The molecule has 0 unspecified atom stereocenters. The summed E-state index contributed by atoms with van der Waals surface area (Å²) in [5.74, 6) is -0.465. The largest absolute Gasteiger partial charge is 0.461 e. The fraction of sp³-hybridized carbons (Fsp3) is 0.643. The van der Waals surface area contributed by atoms with Gasteiger partial charge in [-0.15, -0.1) is 0 Å². The van der Waals surface area contributed by atoms with Gasteiger partial charge in [0.15, 0.2) is 0 Å². The maximum absolute atomic E-state index is 11.7. The lowest BCUT2D eigenvalue weighted by Crippen LogP contribution is -2.28. The minimum atomic E-state index is -0.465. The summed E-state index contributed by atoms with van der Waals surface area (Å²) < 4.78 is 4.93. The first kappa shape index (κ1) is 15.6. The van der Waals surface area contributed by atoms with Crippen LogP contribution < -0.4 is 11.1 Å². The number of ether oxygens (including phenoxy) is 1. The molecule has 0 aliphatic heterocycles. The molecule has 1 rings (SSSR count). The van der Waals surface area contributed by atoms with E-state index in [0.29, 0.717) is 13.2 Å². The summed E-state index contributed by atoms with van der Waals surface area (Å²) in [5.41, 5.74) is 7.87. The average molecular weight is 268 g/mol. The Morgan fingerprint density at radius 1 is 1.53 bits per heavy atom. The van der Waals surface area contributed by atoms with Crippen LogP contribution >= 0.6 is 0 Å². The van der Waals surface area contributed by atoms with E-state index in [-0.39, 0.29) is 17.7 Å². The molecule has 4 N–H and O–H groups in total. The third-order valence-corrected chi connectivity index (χ3v) is 2.99. The molecule has 0 radical (unpaired) electrons. The summed E-state index contributed by atoms with van der Waals surface area (Å²) in [4.78, 5) is 11.7. The molecule has 0 aromatic rings. The van der Waals surface area contributed by atoms with Gasteiger partial charge in [0.2, 0.25) is 0 Å². The van der Waals surface area contributed by atoms with Crippen molar-refractivity contribution in [1.82, 2.24) is 5.32 Å². The van der Waals surface area contributed by atoms with E-state index in [0.717, 1.165) is 24.1 Å². The van der Waals surface area contributed by atoms with Gasteiger partial charge in [-0.2, -0.15) is 0 Å². The molecule has 1 aliphatic rings. The molecule has 5 heteroatoms. The van der Waals surface area contributed by atoms with Crippen molar-refractivity contribution in [3.05, 3.63) is 23.0 Å². The molecule has 0 saturated heterocycles. The summed E-state index contributed by atoms with van der Waals surface area (Å²) in [5, 5.41) is 12.0. The Morgan fingerprint density at radius 2 is 2.21 bits per heavy atom. The van der Waals surface area contributed by atoms with Crippen LogP contribution in [0.1, 0.15) is 33.6 Å². The van der Waals surface area contributed by atoms with Crippen LogP contribution in [0.5, 0.6) is 0 Å². The Labute approximate surface area is 114 Å². The Balaban J connectivity index is 2.97. The highest BCUT2D eigenvalue weighted by Gasteiger charge is 2.28. The summed E-state index contributed by atoms with van der Waals surface area (Å²) >= 11 is 0. The standard InChI is InChI=1S/C14H24N2O3/c1-4-19-13(18)12(15)10-7-11(16-5-6-17)9-14(2,3)8-10/h7,16-17H,4-6,8-9,15H2,1-3H3/b12-10-. The molecule has 108 valence electrons. The van der Waals surface area contributed by atoms with Crippen LogP contribution in [0, 0.1) is 5.41 Å². The van der Waals surface area contributed by atoms with E-state index in [2.05, 4.69) is 19.2 Å². The molecule has 0 spiro atoms. The van der Waals surface area contributed by atoms with E-state index in [1.807, 2.05) is 6.08 Å². The molecule has 0 amide bonds. The summed E-state index contributed by atoms with van der Waals surface area (Å²) in [7, 11) is 0. The van der Waals surface area contributed by atoms with Gasteiger partial charge < -0.3 is 20.9 Å². The van der Waals surface area contributed by atoms with Gasteiger partial charge in [0.05, 0.1) is 13.2 Å². The van der Waals surface area contributed by atoms with Crippen molar-refractivity contribution in [1.29, 1.82) is 0 Å². The molecule has 0 fully saturated rings. The molecule has 0 atom stereocenters. The number of aliphatic hydroxyl groups excluding tert-OH is 1. The Hall–Kier alpha value is -1.49. The van der Waals surface area contributed by atoms with E-state index in [1.54, 1.807) is 6.92 Å². The van der Waals surface area contributed by atoms with E-state index >= 15 is 0 Å². The van der Waals surface area contributed by atoms with E-state index in [1.165, 1.54) is 0 Å². The first-order valence-corrected chi connectivity index (χ1v) is 6.60. The molecular weight excluding hydrogens is 244 g/mol. The Kier molecular flexibility index (Phi) is 5.42. The highest BCUT2D eigenvalue weighted by atomic mass is 16.5.